The number of carbonyl (C=O) groups is 2. The van der Waals surface area contributed by atoms with Gasteiger partial charge in [-0.3, -0.25) is 23.6 Å². The molecule has 1 atom stereocenters. The van der Waals surface area contributed by atoms with Gasteiger partial charge in [-0.25, -0.2) is 18.4 Å². The first-order valence-electron chi connectivity index (χ1n) is 20.7. The van der Waals surface area contributed by atoms with Gasteiger partial charge in [-0.2, -0.15) is 0 Å². The molecule has 1 unspecified atom stereocenters. The van der Waals surface area contributed by atoms with Crippen molar-refractivity contribution < 1.29 is 40.5 Å². The van der Waals surface area contributed by atoms with Crippen LogP contribution in [-0.4, -0.2) is 108 Å². The molecular formula is C44H58N6O9S2. The van der Waals surface area contributed by atoms with Crippen molar-refractivity contribution in [1.82, 2.24) is 30.4 Å². The lowest BCUT2D eigenvalue weighted by Crippen LogP contribution is -2.30. The van der Waals surface area contributed by atoms with E-state index in [9.17, 15) is 22.2 Å². The number of carbonyl (C=O) groups excluding carboxylic acids is 2. The maximum atomic E-state index is 12.0. The Kier molecular flexibility index (Phi) is 20.2. The number of pyridine rings is 2. The number of hydrogen-bond donors (Lipinski definition) is 2. The second-order valence-corrected chi connectivity index (χ2v) is 18.3. The summed E-state index contributed by atoms with van der Waals surface area (Å²) in [5, 5.41) is 5.28. The Morgan fingerprint density at radius 1 is 0.705 bits per heavy atom. The first-order chi connectivity index (χ1) is 29.7. The SMILES string of the molecule is O=C(CS(=O)(=O)Cc1ccco1)NC/C=C\COc1cc(CN2CCCCC2)ccn1.O=C(CS(=O)Cc1ccco1)NC/C=C\COc1cc(CN2CCCCC2)ccn1. The molecule has 6 rings (SSSR count). The molecule has 61 heavy (non-hydrogen) atoms. The first kappa shape index (κ1) is 47.0. The average molecular weight is 879 g/mol. The summed E-state index contributed by atoms with van der Waals surface area (Å²) in [5.74, 6) is 0.630. The van der Waals surface area contributed by atoms with Crippen LogP contribution < -0.4 is 20.1 Å². The summed E-state index contributed by atoms with van der Waals surface area (Å²) in [6, 6.07) is 14.6. The number of amides is 2. The summed E-state index contributed by atoms with van der Waals surface area (Å²) in [6.45, 7) is 7.70. The van der Waals surface area contributed by atoms with Crippen molar-refractivity contribution in [2.24, 2.45) is 0 Å². The largest absolute Gasteiger partial charge is 0.473 e. The Hall–Kier alpha value is -5.10. The van der Waals surface area contributed by atoms with Gasteiger partial charge in [0.2, 0.25) is 23.6 Å². The summed E-state index contributed by atoms with van der Waals surface area (Å²) in [5.41, 5.74) is 2.39. The Balaban J connectivity index is 0.000000231. The van der Waals surface area contributed by atoms with E-state index in [-0.39, 0.29) is 29.7 Å². The molecule has 2 saturated heterocycles. The topological polar surface area (TPSA) is 186 Å². The molecule has 17 heteroatoms. The third kappa shape index (κ3) is 19.4. The van der Waals surface area contributed by atoms with Gasteiger partial charge in [0.15, 0.2) is 9.84 Å². The first-order valence-corrected chi connectivity index (χ1v) is 24.0. The summed E-state index contributed by atoms with van der Waals surface area (Å²) >= 11 is 0. The van der Waals surface area contributed by atoms with E-state index in [1.165, 1.54) is 62.2 Å². The molecule has 0 aliphatic carbocycles. The predicted molar refractivity (Wildman–Crippen MR) is 234 cm³/mol. The molecule has 4 aromatic rings. The predicted octanol–water partition coefficient (Wildman–Crippen LogP) is 4.99. The molecule has 0 spiro atoms. The fourth-order valence-corrected chi connectivity index (χ4v) is 8.82. The summed E-state index contributed by atoms with van der Waals surface area (Å²) in [6.07, 6.45) is 21.3. The van der Waals surface area contributed by atoms with Gasteiger partial charge in [-0.1, -0.05) is 25.0 Å². The number of sulfone groups is 1. The molecule has 6 heterocycles. The fourth-order valence-electron chi connectivity index (χ4n) is 6.64. The Bertz CT molecular complexity index is 2080. The molecule has 2 aliphatic heterocycles. The van der Waals surface area contributed by atoms with Gasteiger partial charge in [0.25, 0.3) is 0 Å². The molecular weight excluding hydrogens is 821 g/mol. The number of ether oxygens (including phenoxy) is 2. The lowest BCUT2D eigenvalue weighted by molar-refractivity contribution is -0.119. The molecule has 0 radical (unpaired) electrons. The normalized spacial score (nSPS) is 15.5. The van der Waals surface area contributed by atoms with Gasteiger partial charge in [0.05, 0.1) is 18.3 Å². The number of aromatic nitrogens is 2. The number of likely N-dealkylation sites (tertiary alicyclic amines) is 2. The third-order valence-corrected chi connectivity index (χ3v) is 12.2. The van der Waals surface area contributed by atoms with Crippen molar-refractivity contribution >= 4 is 32.5 Å². The van der Waals surface area contributed by atoms with Gasteiger partial charge in [0, 0.05) is 61.5 Å². The van der Waals surface area contributed by atoms with Crippen LogP contribution >= 0.6 is 0 Å². The van der Waals surface area contributed by atoms with E-state index in [0.29, 0.717) is 43.0 Å². The zero-order valence-electron chi connectivity index (χ0n) is 34.7. The second-order valence-electron chi connectivity index (χ2n) is 14.8. The van der Waals surface area contributed by atoms with Crippen LogP contribution in [0.2, 0.25) is 0 Å². The summed E-state index contributed by atoms with van der Waals surface area (Å²) < 4.78 is 57.4. The van der Waals surface area contributed by atoms with Crippen LogP contribution in [-0.2, 0) is 54.8 Å². The van der Waals surface area contributed by atoms with Gasteiger partial charge in [-0.05, 0) is 112 Å². The lowest BCUT2D eigenvalue weighted by Gasteiger charge is -2.26. The molecule has 2 fully saturated rings. The van der Waals surface area contributed by atoms with Crippen LogP contribution in [0.5, 0.6) is 11.8 Å². The molecule has 2 N–H and O–H groups in total. The highest BCUT2D eigenvalue weighted by atomic mass is 32.2. The minimum absolute atomic E-state index is 0.0429. The van der Waals surface area contributed by atoms with E-state index in [1.807, 2.05) is 36.4 Å². The molecule has 0 aromatic carbocycles. The highest BCUT2D eigenvalue weighted by molar-refractivity contribution is 7.91. The monoisotopic (exact) mass is 878 g/mol. The number of rotatable bonds is 22. The molecule has 2 amide bonds. The van der Waals surface area contributed by atoms with E-state index < -0.39 is 32.3 Å². The van der Waals surface area contributed by atoms with Gasteiger partial charge in [-0.15, -0.1) is 0 Å². The smallest absolute Gasteiger partial charge is 0.235 e. The lowest BCUT2D eigenvalue weighted by atomic mass is 10.1. The molecule has 0 bridgehead atoms. The standard InChI is InChI=1S/C22H29N3O5S.C22H29N3O4S/c26-21(18-31(27,28)17-20-7-6-14-29-20)23-9-2-5-13-30-22-15-19(8-10-24-22)16-25-11-3-1-4-12-25;26-21(18-30(27)17-20-7-6-14-28-20)23-9-2-5-13-29-22-15-19(8-10-24-22)16-25-11-3-1-4-12-25/h2,5-8,10,14-15H,1,3-4,9,11-13,16-18H2,(H,23,26);2,5-8,10,14-15H,1,3-4,9,11-13,16-18H2,(H,23,26)/b2*5-2-. The minimum atomic E-state index is -3.57. The van der Waals surface area contributed by atoms with Crippen LogP contribution in [0.15, 0.2) is 107 Å². The number of piperidine rings is 2. The van der Waals surface area contributed by atoms with Crippen LogP contribution in [0.25, 0.3) is 0 Å². The zero-order valence-corrected chi connectivity index (χ0v) is 36.3. The second kappa shape index (κ2) is 26.3. The molecule has 2 aliphatic rings. The average Bonchev–Trinajstić information content (AvgIpc) is 3.96. The minimum Gasteiger partial charge on any atom is -0.473 e. The van der Waals surface area contributed by atoms with Crippen molar-refractivity contribution in [3.63, 3.8) is 0 Å². The van der Waals surface area contributed by atoms with E-state index >= 15 is 0 Å². The number of furan rings is 2. The van der Waals surface area contributed by atoms with E-state index in [4.69, 9.17) is 18.3 Å². The van der Waals surface area contributed by atoms with Crippen LogP contribution in [0, 0.1) is 0 Å². The van der Waals surface area contributed by atoms with E-state index in [0.717, 1.165) is 39.3 Å². The fraction of sp³-hybridized carbons (Fsp3) is 0.455. The van der Waals surface area contributed by atoms with Crippen LogP contribution in [0.4, 0.5) is 0 Å². The van der Waals surface area contributed by atoms with Crippen LogP contribution in [0.3, 0.4) is 0 Å². The van der Waals surface area contributed by atoms with Gasteiger partial charge in [0.1, 0.15) is 42.0 Å². The van der Waals surface area contributed by atoms with Gasteiger partial charge >= 0.3 is 0 Å². The van der Waals surface area contributed by atoms with Crippen molar-refractivity contribution in [2.45, 2.75) is 63.1 Å². The number of hydrogen-bond acceptors (Lipinski definition) is 13. The maximum Gasteiger partial charge on any atom is 0.235 e. The summed E-state index contributed by atoms with van der Waals surface area (Å²) in [7, 11) is -4.85. The Labute approximate surface area is 361 Å². The highest BCUT2D eigenvalue weighted by Crippen LogP contribution is 2.17. The number of nitrogens with zero attached hydrogens (tertiary/aromatic N) is 4. The zero-order chi connectivity index (χ0) is 43.0. The Morgan fingerprint density at radius 2 is 1.21 bits per heavy atom. The van der Waals surface area contributed by atoms with Crippen molar-refractivity contribution in [3.05, 3.63) is 120 Å². The van der Waals surface area contributed by atoms with Crippen molar-refractivity contribution in [3.8, 4) is 11.8 Å². The Morgan fingerprint density at radius 3 is 1.72 bits per heavy atom. The maximum absolute atomic E-state index is 12.0. The third-order valence-electron chi connectivity index (χ3n) is 9.60. The van der Waals surface area contributed by atoms with Crippen molar-refractivity contribution in [1.29, 1.82) is 0 Å². The van der Waals surface area contributed by atoms with Crippen LogP contribution in [0.1, 0.15) is 61.2 Å². The molecule has 4 aromatic heterocycles. The molecule has 330 valence electrons. The molecule has 15 nitrogen and oxygen atoms in total. The highest BCUT2D eigenvalue weighted by Gasteiger charge is 2.18. The molecule has 0 saturated carbocycles. The van der Waals surface area contributed by atoms with E-state index in [1.54, 1.807) is 48.8 Å². The quantitative estimate of drug-likeness (QED) is 0.101. The van der Waals surface area contributed by atoms with Crippen molar-refractivity contribution in [2.75, 3.05) is 64.0 Å². The van der Waals surface area contributed by atoms with Gasteiger partial charge < -0.3 is 28.9 Å². The number of nitrogens with one attached hydrogen (secondary N) is 2. The summed E-state index contributed by atoms with van der Waals surface area (Å²) in [4.78, 5) is 37.1. The van der Waals surface area contributed by atoms with E-state index in [2.05, 4.69) is 30.4 Å².